The van der Waals surface area contributed by atoms with Gasteiger partial charge < -0.3 is 14.0 Å². The molecule has 1 saturated heterocycles. The van der Waals surface area contributed by atoms with Gasteiger partial charge >= 0.3 is 0 Å². The zero-order chi connectivity index (χ0) is 19.2. The van der Waals surface area contributed by atoms with Crippen molar-refractivity contribution in [3.05, 3.63) is 66.6 Å². The maximum absolute atomic E-state index is 12.4. The van der Waals surface area contributed by atoms with Gasteiger partial charge in [0.25, 0.3) is 0 Å². The number of imidazole rings is 1. The summed E-state index contributed by atoms with van der Waals surface area (Å²) in [5, 5.41) is 0. The number of benzene rings is 1. The summed E-state index contributed by atoms with van der Waals surface area (Å²) in [7, 11) is 0. The van der Waals surface area contributed by atoms with Gasteiger partial charge in [-0.15, -0.1) is 0 Å². The van der Waals surface area contributed by atoms with E-state index < -0.39 is 0 Å². The summed E-state index contributed by atoms with van der Waals surface area (Å²) in [4.78, 5) is 21.4. The van der Waals surface area contributed by atoms with Crippen molar-refractivity contribution in [1.29, 1.82) is 0 Å². The van der Waals surface area contributed by atoms with Gasteiger partial charge in [-0.05, 0) is 30.7 Å². The van der Waals surface area contributed by atoms with E-state index in [2.05, 4.69) is 16.1 Å². The maximum atomic E-state index is 12.4. The van der Waals surface area contributed by atoms with Gasteiger partial charge in [0.15, 0.2) is 0 Å². The number of hydrogen-bond acceptors (Lipinski definition) is 4. The number of amides is 1. The molecule has 28 heavy (non-hydrogen) atoms. The van der Waals surface area contributed by atoms with Crippen LogP contribution in [0.2, 0.25) is 0 Å². The Hall–Kier alpha value is -2.86. The van der Waals surface area contributed by atoms with E-state index in [4.69, 9.17) is 4.74 Å². The molecule has 1 amide bonds. The van der Waals surface area contributed by atoms with E-state index in [0.717, 1.165) is 56.2 Å². The van der Waals surface area contributed by atoms with E-state index in [1.807, 2.05) is 64.0 Å². The Morgan fingerprint density at radius 3 is 2.57 bits per heavy atom. The predicted octanol–water partition coefficient (Wildman–Crippen LogP) is 2.84. The lowest BCUT2D eigenvalue weighted by Gasteiger charge is -2.34. The minimum Gasteiger partial charge on any atom is -0.494 e. The molecule has 0 saturated carbocycles. The summed E-state index contributed by atoms with van der Waals surface area (Å²) in [5.41, 5.74) is 2.05. The molecule has 6 heteroatoms. The molecule has 0 N–H and O–H groups in total. The Bertz CT molecular complexity index is 868. The summed E-state index contributed by atoms with van der Waals surface area (Å²) in [6.45, 7) is 4.75. The topological polar surface area (TPSA) is 50.1 Å². The standard InChI is InChI=1S/C22H26N4O2/c27-22(10-6-16-28-20-7-2-1-3-8-20)25-14-12-24(13-15-25)17-19-18-26-11-5-4-9-21(26)23-19/h1-5,7-9,11,18H,6,10,12-17H2. The van der Waals surface area contributed by atoms with Crippen molar-refractivity contribution in [2.45, 2.75) is 19.4 Å². The maximum Gasteiger partial charge on any atom is 0.222 e. The van der Waals surface area contributed by atoms with Crippen molar-refractivity contribution < 1.29 is 9.53 Å². The molecular formula is C22H26N4O2. The predicted molar refractivity (Wildman–Crippen MR) is 108 cm³/mol. The molecule has 0 unspecified atom stereocenters. The molecule has 0 radical (unpaired) electrons. The fourth-order valence-electron chi connectivity index (χ4n) is 3.54. The van der Waals surface area contributed by atoms with Crippen LogP contribution in [0, 0.1) is 0 Å². The highest BCUT2D eigenvalue weighted by molar-refractivity contribution is 5.76. The lowest BCUT2D eigenvalue weighted by molar-refractivity contribution is -0.133. The molecule has 1 aliphatic rings. The second kappa shape index (κ2) is 8.89. The third kappa shape index (κ3) is 4.70. The van der Waals surface area contributed by atoms with Crippen LogP contribution in [0.1, 0.15) is 18.5 Å². The number of hydrogen-bond donors (Lipinski definition) is 0. The summed E-state index contributed by atoms with van der Waals surface area (Å²) in [5.74, 6) is 1.08. The zero-order valence-corrected chi connectivity index (χ0v) is 16.0. The summed E-state index contributed by atoms with van der Waals surface area (Å²) < 4.78 is 7.71. The zero-order valence-electron chi connectivity index (χ0n) is 16.0. The fourth-order valence-corrected chi connectivity index (χ4v) is 3.54. The van der Waals surface area contributed by atoms with E-state index in [1.54, 1.807) is 0 Å². The molecule has 1 fully saturated rings. The quantitative estimate of drug-likeness (QED) is 0.593. The normalized spacial score (nSPS) is 15.1. The molecule has 3 heterocycles. The summed E-state index contributed by atoms with van der Waals surface area (Å²) in [6.07, 6.45) is 5.39. The summed E-state index contributed by atoms with van der Waals surface area (Å²) >= 11 is 0. The molecule has 1 aliphatic heterocycles. The second-order valence-corrected chi connectivity index (χ2v) is 7.12. The van der Waals surface area contributed by atoms with E-state index in [-0.39, 0.29) is 5.91 Å². The van der Waals surface area contributed by atoms with Gasteiger partial charge in [0.2, 0.25) is 5.91 Å². The Labute approximate surface area is 165 Å². The van der Waals surface area contributed by atoms with Crippen LogP contribution in [0.15, 0.2) is 60.9 Å². The van der Waals surface area contributed by atoms with Crippen LogP contribution in [-0.2, 0) is 11.3 Å². The van der Waals surface area contributed by atoms with Crippen LogP contribution in [0.4, 0.5) is 0 Å². The van der Waals surface area contributed by atoms with E-state index >= 15 is 0 Å². The third-order valence-electron chi connectivity index (χ3n) is 5.07. The SMILES string of the molecule is O=C(CCCOc1ccccc1)N1CCN(Cc2cn3ccccc3n2)CC1. The molecule has 146 valence electrons. The van der Waals surface area contributed by atoms with Gasteiger partial charge in [-0.2, -0.15) is 0 Å². The number of carbonyl (C=O) groups excluding carboxylic acids is 1. The van der Waals surface area contributed by atoms with Crippen LogP contribution in [0.25, 0.3) is 5.65 Å². The van der Waals surface area contributed by atoms with Gasteiger partial charge in [0.05, 0.1) is 12.3 Å². The minimum absolute atomic E-state index is 0.226. The largest absolute Gasteiger partial charge is 0.494 e. The first-order valence-corrected chi connectivity index (χ1v) is 9.88. The Morgan fingerprint density at radius 2 is 1.79 bits per heavy atom. The van der Waals surface area contributed by atoms with E-state index in [0.29, 0.717) is 13.0 Å². The monoisotopic (exact) mass is 378 g/mol. The molecule has 0 aliphatic carbocycles. The molecule has 6 nitrogen and oxygen atoms in total. The molecule has 0 atom stereocenters. The van der Waals surface area contributed by atoms with Crippen molar-refractivity contribution in [3.8, 4) is 5.75 Å². The van der Waals surface area contributed by atoms with Crippen molar-refractivity contribution >= 4 is 11.6 Å². The van der Waals surface area contributed by atoms with Crippen molar-refractivity contribution in [2.24, 2.45) is 0 Å². The highest BCUT2D eigenvalue weighted by Crippen LogP contribution is 2.12. The number of ether oxygens (including phenoxy) is 1. The fraction of sp³-hybridized carbons (Fsp3) is 0.364. The average Bonchev–Trinajstić information content (AvgIpc) is 3.14. The van der Waals surface area contributed by atoms with Gasteiger partial charge in [-0.1, -0.05) is 24.3 Å². The summed E-state index contributed by atoms with van der Waals surface area (Å²) in [6, 6.07) is 15.8. The van der Waals surface area contributed by atoms with Gasteiger partial charge in [0, 0.05) is 51.5 Å². The van der Waals surface area contributed by atoms with Crippen LogP contribution in [0.5, 0.6) is 5.75 Å². The van der Waals surface area contributed by atoms with Crippen LogP contribution in [0.3, 0.4) is 0 Å². The molecular weight excluding hydrogens is 352 g/mol. The Morgan fingerprint density at radius 1 is 1.00 bits per heavy atom. The minimum atomic E-state index is 0.226. The number of para-hydroxylation sites is 1. The number of fused-ring (bicyclic) bond motifs is 1. The lowest BCUT2D eigenvalue weighted by atomic mass is 10.2. The lowest BCUT2D eigenvalue weighted by Crippen LogP contribution is -2.48. The Balaban J connectivity index is 1.17. The highest BCUT2D eigenvalue weighted by Gasteiger charge is 2.21. The molecule has 1 aromatic carbocycles. The molecule has 4 rings (SSSR count). The van der Waals surface area contributed by atoms with E-state index in [1.165, 1.54) is 0 Å². The van der Waals surface area contributed by atoms with Gasteiger partial charge in [-0.3, -0.25) is 9.69 Å². The smallest absolute Gasteiger partial charge is 0.222 e. The van der Waals surface area contributed by atoms with Crippen molar-refractivity contribution in [3.63, 3.8) is 0 Å². The van der Waals surface area contributed by atoms with Crippen molar-refractivity contribution in [2.75, 3.05) is 32.8 Å². The van der Waals surface area contributed by atoms with E-state index in [9.17, 15) is 4.79 Å². The number of nitrogens with zero attached hydrogens (tertiary/aromatic N) is 4. The first-order valence-electron chi connectivity index (χ1n) is 9.88. The van der Waals surface area contributed by atoms with Gasteiger partial charge in [-0.25, -0.2) is 4.98 Å². The van der Waals surface area contributed by atoms with Gasteiger partial charge in [0.1, 0.15) is 11.4 Å². The highest BCUT2D eigenvalue weighted by atomic mass is 16.5. The number of pyridine rings is 1. The first-order chi connectivity index (χ1) is 13.8. The number of aromatic nitrogens is 2. The molecule has 0 spiro atoms. The first kappa shape index (κ1) is 18.5. The number of rotatable bonds is 7. The van der Waals surface area contributed by atoms with Crippen LogP contribution >= 0.6 is 0 Å². The molecule has 2 aromatic heterocycles. The van der Waals surface area contributed by atoms with Crippen LogP contribution < -0.4 is 4.74 Å². The Kier molecular flexibility index (Phi) is 5.87. The van der Waals surface area contributed by atoms with Crippen LogP contribution in [-0.4, -0.2) is 57.9 Å². The van der Waals surface area contributed by atoms with Crippen molar-refractivity contribution in [1.82, 2.24) is 19.2 Å². The molecule has 0 bridgehead atoms. The molecule has 3 aromatic rings. The average molecular weight is 378 g/mol. The number of carbonyl (C=O) groups is 1. The third-order valence-corrected chi connectivity index (χ3v) is 5.07. The second-order valence-electron chi connectivity index (χ2n) is 7.12. The number of piperazine rings is 1.